The average molecular weight is 245 g/mol. The lowest BCUT2D eigenvalue weighted by molar-refractivity contribution is 0.0355. The standard InChI is InChI=1S/C15H19NO2/c1-10-3-6-13-11(7-10)8-14(18-13)15(2,17)9-16-12-4-5-12/h3,6-8,12,16-17H,4-5,9H2,1-2H3. The minimum atomic E-state index is -0.949. The Balaban J connectivity index is 1.87. The van der Waals surface area contributed by atoms with Crippen molar-refractivity contribution in [1.29, 1.82) is 0 Å². The van der Waals surface area contributed by atoms with E-state index in [0.717, 1.165) is 11.0 Å². The van der Waals surface area contributed by atoms with Gasteiger partial charge >= 0.3 is 0 Å². The molecule has 1 saturated carbocycles. The second-order valence-electron chi connectivity index (χ2n) is 5.58. The number of rotatable bonds is 4. The number of aliphatic hydroxyl groups is 1. The normalized spacial score (nSPS) is 19.1. The first-order chi connectivity index (χ1) is 8.54. The summed E-state index contributed by atoms with van der Waals surface area (Å²) in [5, 5.41) is 14.9. The highest BCUT2D eigenvalue weighted by molar-refractivity contribution is 5.78. The zero-order valence-corrected chi connectivity index (χ0v) is 10.9. The monoisotopic (exact) mass is 245 g/mol. The van der Waals surface area contributed by atoms with Gasteiger partial charge in [0.2, 0.25) is 0 Å². The summed E-state index contributed by atoms with van der Waals surface area (Å²) in [6, 6.07) is 8.58. The molecule has 96 valence electrons. The molecule has 1 unspecified atom stereocenters. The van der Waals surface area contributed by atoms with E-state index in [1.54, 1.807) is 6.92 Å². The smallest absolute Gasteiger partial charge is 0.137 e. The van der Waals surface area contributed by atoms with Gasteiger partial charge in [-0.05, 0) is 44.9 Å². The van der Waals surface area contributed by atoms with Gasteiger partial charge in [0.05, 0.1) is 0 Å². The minimum absolute atomic E-state index is 0.538. The maximum absolute atomic E-state index is 10.5. The van der Waals surface area contributed by atoms with Gasteiger partial charge in [0.25, 0.3) is 0 Å². The number of fused-ring (bicyclic) bond motifs is 1. The van der Waals surface area contributed by atoms with Gasteiger partial charge in [0, 0.05) is 18.0 Å². The van der Waals surface area contributed by atoms with Crippen molar-refractivity contribution in [2.45, 2.75) is 38.3 Å². The van der Waals surface area contributed by atoms with E-state index in [4.69, 9.17) is 4.42 Å². The summed E-state index contributed by atoms with van der Waals surface area (Å²) in [5.74, 6) is 0.635. The van der Waals surface area contributed by atoms with E-state index in [1.165, 1.54) is 18.4 Å². The van der Waals surface area contributed by atoms with Crippen molar-refractivity contribution in [3.63, 3.8) is 0 Å². The fourth-order valence-corrected chi connectivity index (χ4v) is 2.15. The molecule has 0 aliphatic heterocycles. The molecule has 0 bridgehead atoms. The number of aryl methyl sites for hydroxylation is 1. The van der Waals surface area contributed by atoms with Crippen molar-refractivity contribution in [2.24, 2.45) is 0 Å². The maximum atomic E-state index is 10.5. The fourth-order valence-electron chi connectivity index (χ4n) is 2.15. The van der Waals surface area contributed by atoms with Gasteiger partial charge in [-0.2, -0.15) is 0 Å². The molecule has 0 spiro atoms. The molecule has 1 aliphatic carbocycles. The average Bonchev–Trinajstić information content (AvgIpc) is 3.05. The second-order valence-corrected chi connectivity index (χ2v) is 5.58. The van der Waals surface area contributed by atoms with Crippen molar-refractivity contribution < 1.29 is 9.52 Å². The van der Waals surface area contributed by atoms with Crippen LogP contribution < -0.4 is 5.32 Å². The number of furan rings is 1. The predicted octanol–water partition coefficient (Wildman–Crippen LogP) is 2.70. The summed E-state index contributed by atoms with van der Waals surface area (Å²) in [6.45, 7) is 4.39. The molecule has 18 heavy (non-hydrogen) atoms. The lowest BCUT2D eigenvalue weighted by Crippen LogP contribution is -2.36. The largest absolute Gasteiger partial charge is 0.458 e. The summed E-state index contributed by atoms with van der Waals surface area (Å²) >= 11 is 0. The van der Waals surface area contributed by atoms with E-state index in [2.05, 4.69) is 18.3 Å². The van der Waals surface area contributed by atoms with Gasteiger partial charge in [0.15, 0.2) is 0 Å². The van der Waals surface area contributed by atoms with Gasteiger partial charge < -0.3 is 14.8 Å². The molecule has 3 heteroatoms. The van der Waals surface area contributed by atoms with Gasteiger partial charge in [-0.3, -0.25) is 0 Å². The number of hydrogen-bond acceptors (Lipinski definition) is 3. The highest BCUT2D eigenvalue weighted by Gasteiger charge is 2.30. The molecule has 0 amide bonds. The second kappa shape index (κ2) is 4.11. The van der Waals surface area contributed by atoms with E-state index in [9.17, 15) is 5.11 Å². The Morgan fingerprint density at radius 1 is 1.39 bits per heavy atom. The Morgan fingerprint density at radius 2 is 2.17 bits per heavy atom. The molecule has 3 nitrogen and oxygen atoms in total. The molecule has 1 heterocycles. The molecule has 1 aromatic carbocycles. The van der Waals surface area contributed by atoms with Crippen LogP contribution in [-0.4, -0.2) is 17.7 Å². The first-order valence-electron chi connectivity index (χ1n) is 6.51. The zero-order chi connectivity index (χ0) is 12.8. The van der Waals surface area contributed by atoms with Gasteiger partial charge in [-0.15, -0.1) is 0 Å². The lowest BCUT2D eigenvalue weighted by atomic mass is 10.0. The molecule has 1 aliphatic rings. The molecule has 1 fully saturated rings. The molecule has 2 N–H and O–H groups in total. The van der Waals surface area contributed by atoms with Crippen LogP contribution in [0, 0.1) is 6.92 Å². The Bertz CT molecular complexity index is 567. The zero-order valence-electron chi connectivity index (χ0n) is 10.9. The van der Waals surface area contributed by atoms with Crippen molar-refractivity contribution in [1.82, 2.24) is 5.32 Å². The SMILES string of the molecule is Cc1ccc2oc(C(C)(O)CNC3CC3)cc2c1. The van der Waals surface area contributed by atoms with Crippen molar-refractivity contribution in [3.05, 3.63) is 35.6 Å². The molecule has 0 radical (unpaired) electrons. The van der Waals surface area contributed by atoms with Crippen LogP contribution in [0.1, 0.15) is 31.1 Å². The highest BCUT2D eigenvalue weighted by Crippen LogP contribution is 2.29. The van der Waals surface area contributed by atoms with Crippen LogP contribution in [0.15, 0.2) is 28.7 Å². The van der Waals surface area contributed by atoms with E-state index in [-0.39, 0.29) is 0 Å². The van der Waals surface area contributed by atoms with Crippen LogP contribution >= 0.6 is 0 Å². The lowest BCUT2D eigenvalue weighted by Gasteiger charge is -2.21. The molecular formula is C15H19NO2. The minimum Gasteiger partial charge on any atom is -0.458 e. The maximum Gasteiger partial charge on any atom is 0.137 e. The van der Waals surface area contributed by atoms with Gasteiger partial charge in [-0.1, -0.05) is 11.6 Å². The summed E-state index contributed by atoms with van der Waals surface area (Å²) < 4.78 is 5.75. The Labute approximate surface area is 107 Å². The molecule has 1 atom stereocenters. The molecule has 0 saturated heterocycles. The van der Waals surface area contributed by atoms with Crippen LogP contribution in [0.25, 0.3) is 11.0 Å². The van der Waals surface area contributed by atoms with E-state index in [0.29, 0.717) is 18.3 Å². The first-order valence-corrected chi connectivity index (χ1v) is 6.51. The van der Waals surface area contributed by atoms with E-state index >= 15 is 0 Å². The Kier molecular flexibility index (Phi) is 2.68. The van der Waals surface area contributed by atoms with Crippen LogP contribution in [0.4, 0.5) is 0 Å². The van der Waals surface area contributed by atoms with Crippen LogP contribution in [0.3, 0.4) is 0 Å². The summed E-state index contributed by atoms with van der Waals surface area (Å²) in [6.07, 6.45) is 2.44. The van der Waals surface area contributed by atoms with Crippen molar-refractivity contribution in [2.75, 3.05) is 6.54 Å². The first kappa shape index (κ1) is 11.8. The summed E-state index contributed by atoms with van der Waals surface area (Å²) in [5.41, 5.74) is 1.09. The quantitative estimate of drug-likeness (QED) is 0.870. The highest BCUT2D eigenvalue weighted by atomic mass is 16.4. The third-order valence-electron chi connectivity index (χ3n) is 3.51. The molecule has 3 rings (SSSR count). The number of nitrogens with one attached hydrogen (secondary N) is 1. The number of benzene rings is 1. The van der Waals surface area contributed by atoms with Crippen LogP contribution in [0.2, 0.25) is 0 Å². The third kappa shape index (κ3) is 2.28. The summed E-state index contributed by atoms with van der Waals surface area (Å²) in [4.78, 5) is 0. The summed E-state index contributed by atoms with van der Waals surface area (Å²) in [7, 11) is 0. The number of hydrogen-bond donors (Lipinski definition) is 2. The third-order valence-corrected chi connectivity index (χ3v) is 3.51. The van der Waals surface area contributed by atoms with Crippen molar-refractivity contribution in [3.8, 4) is 0 Å². The predicted molar refractivity (Wildman–Crippen MR) is 71.5 cm³/mol. The van der Waals surface area contributed by atoms with E-state index < -0.39 is 5.60 Å². The molecule has 1 aromatic heterocycles. The van der Waals surface area contributed by atoms with Gasteiger partial charge in [-0.25, -0.2) is 0 Å². The fraction of sp³-hybridized carbons (Fsp3) is 0.467. The Hall–Kier alpha value is -1.32. The van der Waals surface area contributed by atoms with Gasteiger partial charge in [0.1, 0.15) is 16.9 Å². The molecule has 2 aromatic rings. The molecular weight excluding hydrogens is 226 g/mol. The van der Waals surface area contributed by atoms with Crippen molar-refractivity contribution >= 4 is 11.0 Å². The Morgan fingerprint density at radius 3 is 2.89 bits per heavy atom. The van der Waals surface area contributed by atoms with Crippen LogP contribution in [0.5, 0.6) is 0 Å². The topological polar surface area (TPSA) is 45.4 Å². The van der Waals surface area contributed by atoms with E-state index in [1.807, 2.05) is 18.2 Å². The van der Waals surface area contributed by atoms with Crippen LogP contribution in [-0.2, 0) is 5.60 Å².